The second-order valence-corrected chi connectivity index (χ2v) is 11.1. The van der Waals surface area contributed by atoms with Gasteiger partial charge < -0.3 is 0 Å². The highest BCUT2D eigenvalue weighted by Crippen LogP contribution is 2.31. The van der Waals surface area contributed by atoms with Crippen molar-refractivity contribution in [1.82, 2.24) is 9.73 Å². The van der Waals surface area contributed by atoms with Gasteiger partial charge in [-0.15, -0.1) is 0 Å². The third-order valence-electron chi connectivity index (χ3n) is 5.83. The van der Waals surface area contributed by atoms with E-state index in [1.54, 1.807) is 32.0 Å². The van der Waals surface area contributed by atoms with Crippen molar-refractivity contribution in [3.8, 4) is 0 Å². The van der Waals surface area contributed by atoms with Gasteiger partial charge >= 0.3 is 0 Å². The third-order valence-corrected chi connectivity index (χ3v) is 8.87. The summed E-state index contributed by atoms with van der Waals surface area (Å²) < 4.78 is 28.9. The second kappa shape index (κ2) is 11.0. The molecule has 0 spiro atoms. The molecule has 0 radical (unpaired) electrons. The van der Waals surface area contributed by atoms with Crippen LogP contribution in [-0.4, -0.2) is 37.4 Å². The van der Waals surface area contributed by atoms with Crippen LogP contribution in [0.1, 0.15) is 54.4 Å². The third kappa shape index (κ3) is 6.15. The Kier molecular flexibility index (Phi) is 8.56. The summed E-state index contributed by atoms with van der Waals surface area (Å²) in [7, 11) is -3.88. The molecule has 0 heterocycles. The molecule has 3 rings (SSSR count). The Hall–Kier alpha value is -1.93. The first kappa shape index (κ1) is 25.7. The number of nitrogens with zero attached hydrogens (tertiary/aromatic N) is 2. The maximum atomic E-state index is 13.8. The van der Waals surface area contributed by atoms with E-state index in [0.29, 0.717) is 26.7 Å². The van der Waals surface area contributed by atoms with Crippen LogP contribution in [0.15, 0.2) is 40.3 Å². The number of rotatable bonds is 7. The van der Waals surface area contributed by atoms with E-state index in [9.17, 15) is 13.2 Å². The van der Waals surface area contributed by atoms with Gasteiger partial charge in [-0.05, 0) is 50.8 Å². The molecule has 0 atom stereocenters. The lowest BCUT2D eigenvalue weighted by Crippen LogP contribution is -2.46. The number of sulfonamides is 1. The lowest BCUT2D eigenvalue weighted by molar-refractivity contribution is -0.121. The van der Waals surface area contributed by atoms with Crippen LogP contribution in [0, 0.1) is 20.8 Å². The zero-order chi connectivity index (χ0) is 24.2. The van der Waals surface area contributed by atoms with Gasteiger partial charge in [0.1, 0.15) is 0 Å². The molecule has 1 N–H and O–H groups in total. The summed E-state index contributed by atoms with van der Waals surface area (Å²) >= 11 is 12.1. The number of aryl methyl sites for hydroxylation is 3. The largest absolute Gasteiger partial charge is 0.272 e. The van der Waals surface area contributed by atoms with E-state index in [1.807, 2.05) is 19.1 Å². The fourth-order valence-corrected chi connectivity index (χ4v) is 6.85. The summed E-state index contributed by atoms with van der Waals surface area (Å²) in [5.74, 6) is -0.513. The minimum absolute atomic E-state index is 0.221. The van der Waals surface area contributed by atoms with E-state index in [2.05, 4.69) is 10.5 Å². The number of amides is 1. The molecular weight excluding hydrogens is 481 g/mol. The zero-order valence-corrected chi connectivity index (χ0v) is 21.4. The molecular formula is C24H29Cl2N3O3S. The lowest BCUT2D eigenvalue weighted by Gasteiger charge is -2.33. The van der Waals surface area contributed by atoms with Gasteiger partial charge in [0.25, 0.3) is 5.91 Å². The van der Waals surface area contributed by atoms with Crippen molar-refractivity contribution in [1.29, 1.82) is 0 Å². The standard InChI is InChI=1S/C24H29Cl2N3O3S/c1-16-12-17(2)24(18(3)13-16)33(31,32)29(20-9-5-4-6-10-20)15-22(30)28-27-14-19-8-7-11-21(25)23(19)26/h7-8,11-14,20H,4-6,9-10,15H2,1-3H3,(H,28,30)/b27-14+. The number of nitrogens with one attached hydrogen (secondary N) is 1. The molecule has 6 nitrogen and oxygen atoms in total. The Balaban J connectivity index is 1.85. The van der Waals surface area contributed by atoms with E-state index in [-0.39, 0.29) is 17.5 Å². The molecule has 2 aromatic rings. The van der Waals surface area contributed by atoms with Crippen LogP contribution < -0.4 is 5.43 Å². The molecule has 2 aromatic carbocycles. The number of benzene rings is 2. The van der Waals surface area contributed by atoms with E-state index < -0.39 is 15.9 Å². The molecule has 0 bridgehead atoms. The van der Waals surface area contributed by atoms with Gasteiger partial charge in [-0.1, -0.05) is 72.3 Å². The molecule has 1 amide bonds. The minimum atomic E-state index is -3.88. The Labute approximate surface area is 206 Å². The van der Waals surface area contributed by atoms with Gasteiger partial charge in [-0.2, -0.15) is 9.41 Å². The Bertz CT molecular complexity index is 1140. The highest BCUT2D eigenvalue weighted by molar-refractivity contribution is 7.89. The van der Waals surface area contributed by atoms with Gasteiger partial charge in [-0.3, -0.25) is 4.79 Å². The Morgan fingerprint density at radius 3 is 2.39 bits per heavy atom. The number of hydrazone groups is 1. The fourth-order valence-electron chi connectivity index (χ4n) is 4.44. The number of hydrogen-bond acceptors (Lipinski definition) is 4. The van der Waals surface area contributed by atoms with E-state index in [4.69, 9.17) is 23.2 Å². The summed E-state index contributed by atoms with van der Waals surface area (Å²) in [6.07, 6.45) is 5.81. The Morgan fingerprint density at radius 1 is 1.12 bits per heavy atom. The van der Waals surface area contributed by atoms with E-state index >= 15 is 0 Å². The number of hydrogen-bond donors (Lipinski definition) is 1. The topological polar surface area (TPSA) is 78.8 Å². The van der Waals surface area contributed by atoms with Crippen molar-refractivity contribution in [2.24, 2.45) is 5.10 Å². The summed E-state index contributed by atoms with van der Waals surface area (Å²) in [5.41, 5.74) is 5.35. The summed E-state index contributed by atoms with van der Waals surface area (Å²) in [6, 6.07) is 8.59. The highest BCUT2D eigenvalue weighted by Gasteiger charge is 2.35. The molecule has 9 heteroatoms. The smallest absolute Gasteiger partial charge is 0.255 e. The van der Waals surface area contributed by atoms with Crippen LogP contribution in [0.3, 0.4) is 0 Å². The predicted octanol–water partition coefficient (Wildman–Crippen LogP) is 5.39. The van der Waals surface area contributed by atoms with Crippen molar-refractivity contribution in [3.63, 3.8) is 0 Å². The summed E-state index contributed by atoms with van der Waals surface area (Å²) in [4.78, 5) is 13.0. The van der Waals surface area contributed by atoms with Crippen molar-refractivity contribution in [2.45, 2.75) is 63.8 Å². The first-order valence-electron chi connectivity index (χ1n) is 11.0. The van der Waals surface area contributed by atoms with Crippen molar-refractivity contribution in [3.05, 3.63) is 62.6 Å². The molecule has 1 aliphatic carbocycles. The first-order valence-corrected chi connectivity index (χ1v) is 13.2. The maximum absolute atomic E-state index is 13.8. The first-order chi connectivity index (χ1) is 15.6. The van der Waals surface area contributed by atoms with E-state index in [0.717, 1.165) is 37.7 Å². The molecule has 1 fully saturated rings. The normalized spacial score (nSPS) is 15.3. The second-order valence-electron chi connectivity index (χ2n) is 8.51. The molecule has 0 unspecified atom stereocenters. The fraction of sp³-hybridized carbons (Fsp3) is 0.417. The van der Waals surface area contributed by atoms with Gasteiger partial charge in [0, 0.05) is 11.6 Å². The lowest BCUT2D eigenvalue weighted by atomic mass is 9.95. The van der Waals surface area contributed by atoms with Gasteiger partial charge in [0.2, 0.25) is 10.0 Å². The van der Waals surface area contributed by atoms with Crippen LogP contribution in [0.5, 0.6) is 0 Å². The quantitative estimate of drug-likeness (QED) is 0.401. The minimum Gasteiger partial charge on any atom is -0.272 e. The molecule has 1 aliphatic rings. The molecule has 178 valence electrons. The monoisotopic (exact) mass is 509 g/mol. The van der Waals surface area contributed by atoms with Gasteiger partial charge in [-0.25, -0.2) is 13.8 Å². The maximum Gasteiger partial charge on any atom is 0.255 e. The van der Waals surface area contributed by atoms with E-state index in [1.165, 1.54) is 10.5 Å². The number of halogens is 2. The van der Waals surface area contributed by atoms with Crippen LogP contribution in [0.4, 0.5) is 0 Å². The zero-order valence-electron chi connectivity index (χ0n) is 19.1. The van der Waals surface area contributed by atoms with Gasteiger partial charge in [0.15, 0.2) is 0 Å². The van der Waals surface area contributed by atoms with Crippen molar-refractivity contribution < 1.29 is 13.2 Å². The molecule has 33 heavy (non-hydrogen) atoms. The highest BCUT2D eigenvalue weighted by atomic mass is 35.5. The van der Waals surface area contributed by atoms with Crippen LogP contribution in [0.25, 0.3) is 0 Å². The molecule has 0 saturated heterocycles. The number of carbonyl (C=O) groups is 1. The Morgan fingerprint density at radius 2 is 1.76 bits per heavy atom. The average Bonchev–Trinajstić information content (AvgIpc) is 2.74. The van der Waals surface area contributed by atoms with Crippen LogP contribution in [-0.2, 0) is 14.8 Å². The number of carbonyl (C=O) groups excluding carboxylic acids is 1. The average molecular weight is 510 g/mol. The molecule has 0 aliphatic heterocycles. The predicted molar refractivity (Wildman–Crippen MR) is 134 cm³/mol. The van der Waals surface area contributed by atoms with Crippen LogP contribution >= 0.6 is 23.2 Å². The molecule has 0 aromatic heterocycles. The van der Waals surface area contributed by atoms with Crippen LogP contribution in [0.2, 0.25) is 10.0 Å². The van der Waals surface area contributed by atoms with Crippen molar-refractivity contribution >= 4 is 45.3 Å². The van der Waals surface area contributed by atoms with Gasteiger partial charge in [0.05, 0.1) is 27.7 Å². The molecule has 1 saturated carbocycles. The summed E-state index contributed by atoms with van der Waals surface area (Å²) in [6.45, 7) is 5.23. The summed E-state index contributed by atoms with van der Waals surface area (Å²) in [5, 5.41) is 4.66. The van der Waals surface area contributed by atoms with Crippen molar-refractivity contribution in [2.75, 3.05) is 6.54 Å². The SMILES string of the molecule is Cc1cc(C)c(S(=O)(=O)N(CC(=O)N/N=C/c2cccc(Cl)c2Cl)C2CCCCC2)c(C)c1.